The third-order valence-corrected chi connectivity index (χ3v) is 4.58. The van der Waals surface area contributed by atoms with E-state index >= 15 is 0 Å². The third-order valence-electron chi connectivity index (χ3n) is 4.58. The normalized spacial score (nSPS) is 15.7. The van der Waals surface area contributed by atoms with Gasteiger partial charge in [-0.3, -0.25) is 4.79 Å². The summed E-state index contributed by atoms with van der Waals surface area (Å²) >= 11 is 0. The van der Waals surface area contributed by atoms with Crippen LogP contribution in [0, 0.1) is 11.7 Å². The fraction of sp³-hybridized carbons (Fsp3) is 0.350. The first-order chi connectivity index (χ1) is 10.7. The molecule has 3 rings (SSSR count). The molecule has 0 heterocycles. The lowest BCUT2D eigenvalue weighted by molar-refractivity contribution is 0.0950. The maximum atomic E-state index is 13.0. The predicted molar refractivity (Wildman–Crippen MR) is 87.4 cm³/mol. The van der Waals surface area contributed by atoms with Crippen molar-refractivity contribution < 1.29 is 9.18 Å². The molecule has 0 spiro atoms. The number of hydrogen-bond acceptors (Lipinski definition) is 1. The first kappa shape index (κ1) is 15.0. The summed E-state index contributed by atoms with van der Waals surface area (Å²) in [6, 6.07) is 14.1. The summed E-state index contributed by atoms with van der Waals surface area (Å²) in [5, 5.41) is 0. The zero-order valence-corrected chi connectivity index (χ0v) is 12.7. The number of ketones is 1. The molecule has 114 valence electrons. The van der Waals surface area contributed by atoms with Crippen molar-refractivity contribution in [1.82, 2.24) is 0 Å². The van der Waals surface area contributed by atoms with E-state index in [9.17, 15) is 9.18 Å². The van der Waals surface area contributed by atoms with E-state index in [4.69, 9.17) is 0 Å². The molecule has 1 fully saturated rings. The van der Waals surface area contributed by atoms with Crippen LogP contribution in [0.25, 0.3) is 11.1 Å². The molecule has 22 heavy (non-hydrogen) atoms. The number of Topliss-reactive ketones (excluding diaryl/α,β-unsaturated/α-hetero) is 1. The Morgan fingerprint density at radius 3 is 2.00 bits per heavy atom. The van der Waals surface area contributed by atoms with Crippen molar-refractivity contribution in [2.45, 2.75) is 38.5 Å². The highest BCUT2D eigenvalue weighted by Gasteiger charge is 2.17. The molecule has 0 N–H and O–H groups in total. The summed E-state index contributed by atoms with van der Waals surface area (Å²) in [7, 11) is 0. The molecule has 0 radical (unpaired) electrons. The largest absolute Gasteiger partial charge is 0.294 e. The average Bonchev–Trinajstić information content (AvgIpc) is 2.57. The van der Waals surface area contributed by atoms with Gasteiger partial charge in [-0.25, -0.2) is 4.39 Å². The van der Waals surface area contributed by atoms with E-state index < -0.39 is 0 Å². The molecule has 0 bridgehead atoms. The number of rotatable bonds is 4. The first-order valence-corrected chi connectivity index (χ1v) is 8.11. The molecule has 2 aromatic rings. The second kappa shape index (κ2) is 6.87. The van der Waals surface area contributed by atoms with Crippen LogP contribution in [0.2, 0.25) is 0 Å². The van der Waals surface area contributed by atoms with Crippen molar-refractivity contribution in [3.63, 3.8) is 0 Å². The zero-order chi connectivity index (χ0) is 15.4. The topological polar surface area (TPSA) is 17.1 Å². The summed E-state index contributed by atoms with van der Waals surface area (Å²) in [4.78, 5) is 12.4. The van der Waals surface area contributed by atoms with E-state index in [1.165, 1.54) is 44.2 Å². The highest BCUT2D eigenvalue weighted by atomic mass is 19.1. The number of carbonyl (C=O) groups excluding carboxylic acids is 1. The Kier molecular flexibility index (Phi) is 4.67. The Balaban J connectivity index is 1.68. The van der Waals surface area contributed by atoms with Gasteiger partial charge in [-0.15, -0.1) is 0 Å². The SMILES string of the molecule is O=C(CC1CCCCC1)c1ccc(-c2ccc(F)cc2)cc1. The Bertz CT molecular complexity index is 622. The van der Waals surface area contributed by atoms with Gasteiger partial charge in [-0.1, -0.05) is 68.5 Å². The van der Waals surface area contributed by atoms with E-state index in [0.29, 0.717) is 12.3 Å². The molecule has 0 aromatic heterocycles. The minimum Gasteiger partial charge on any atom is -0.294 e. The van der Waals surface area contributed by atoms with Crippen LogP contribution >= 0.6 is 0 Å². The van der Waals surface area contributed by atoms with E-state index in [0.717, 1.165) is 16.7 Å². The van der Waals surface area contributed by atoms with Gasteiger partial charge in [0.25, 0.3) is 0 Å². The van der Waals surface area contributed by atoms with Crippen molar-refractivity contribution >= 4 is 5.78 Å². The molecular weight excluding hydrogens is 275 g/mol. The maximum absolute atomic E-state index is 13.0. The first-order valence-electron chi connectivity index (χ1n) is 8.11. The van der Waals surface area contributed by atoms with Crippen LogP contribution in [0.4, 0.5) is 4.39 Å². The second-order valence-electron chi connectivity index (χ2n) is 6.22. The lowest BCUT2D eigenvalue weighted by Crippen LogP contribution is -2.12. The van der Waals surface area contributed by atoms with Crippen molar-refractivity contribution in [2.75, 3.05) is 0 Å². The molecule has 0 aliphatic heterocycles. The number of carbonyl (C=O) groups is 1. The van der Waals surface area contributed by atoms with Gasteiger partial charge in [0.1, 0.15) is 5.82 Å². The van der Waals surface area contributed by atoms with Crippen molar-refractivity contribution in [3.05, 3.63) is 59.9 Å². The minimum absolute atomic E-state index is 0.233. The lowest BCUT2D eigenvalue weighted by atomic mass is 9.84. The monoisotopic (exact) mass is 296 g/mol. The smallest absolute Gasteiger partial charge is 0.163 e. The summed E-state index contributed by atoms with van der Waals surface area (Å²) < 4.78 is 13.0. The van der Waals surface area contributed by atoms with Gasteiger partial charge in [0.2, 0.25) is 0 Å². The van der Waals surface area contributed by atoms with Crippen LogP contribution < -0.4 is 0 Å². The Hall–Kier alpha value is -1.96. The molecule has 1 aliphatic rings. The van der Waals surface area contributed by atoms with Gasteiger partial charge in [0.15, 0.2) is 5.78 Å². The van der Waals surface area contributed by atoms with Gasteiger partial charge in [-0.05, 0) is 29.2 Å². The highest BCUT2D eigenvalue weighted by Crippen LogP contribution is 2.28. The van der Waals surface area contributed by atoms with Crippen LogP contribution in [0.1, 0.15) is 48.9 Å². The molecule has 0 unspecified atom stereocenters. The second-order valence-corrected chi connectivity index (χ2v) is 6.22. The lowest BCUT2D eigenvalue weighted by Gasteiger charge is -2.20. The molecule has 0 atom stereocenters. The predicted octanol–water partition coefficient (Wildman–Crippen LogP) is 5.65. The maximum Gasteiger partial charge on any atom is 0.163 e. The minimum atomic E-state index is -0.233. The molecule has 1 saturated carbocycles. The molecule has 2 aromatic carbocycles. The van der Waals surface area contributed by atoms with Crippen LogP contribution in [-0.4, -0.2) is 5.78 Å². The van der Waals surface area contributed by atoms with Gasteiger partial charge < -0.3 is 0 Å². The molecule has 1 aliphatic carbocycles. The Labute approximate surface area is 131 Å². The molecule has 2 heteroatoms. The molecule has 1 nitrogen and oxygen atoms in total. The van der Waals surface area contributed by atoms with Crippen LogP contribution in [0.15, 0.2) is 48.5 Å². The number of benzene rings is 2. The van der Waals surface area contributed by atoms with Crippen LogP contribution in [0.3, 0.4) is 0 Å². The fourth-order valence-corrected chi connectivity index (χ4v) is 3.26. The van der Waals surface area contributed by atoms with Gasteiger partial charge >= 0.3 is 0 Å². The van der Waals surface area contributed by atoms with E-state index in [1.807, 2.05) is 24.3 Å². The molecule has 0 amide bonds. The number of halogens is 1. The average molecular weight is 296 g/mol. The van der Waals surface area contributed by atoms with Crippen molar-refractivity contribution in [3.8, 4) is 11.1 Å². The molecule has 0 saturated heterocycles. The van der Waals surface area contributed by atoms with Crippen LogP contribution in [0.5, 0.6) is 0 Å². The van der Waals surface area contributed by atoms with Crippen LogP contribution in [-0.2, 0) is 0 Å². The van der Waals surface area contributed by atoms with E-state index in [1.54, 1.807) is 12.1 Å². The molecular formula is C20H21FO. The summed E-state index contributed by atoms with van der Waals surface area (Å²) in [6.45, 7) is 0. The fourth-order valence-electron chi connectivity index (χ4n) is 3.26. The number of hydrogen-bond donors (Lipinski definition) is 0. The zero-order valence-electron chi connectivity index (χ0n) is 12.7. The summed E-state index contributed by atoms with van der Waals surface area (Å²) in [5.74, 6) is 0.582. The van der Waals surface area contributed by atoms with Crippen molar-refractivity contribution in [2.24, 2.45) is 5.92 Å². The summed E-state index contributed by atoms with van der Waals surface area (Å²) in [5.41, 5.74) is 2.76. The van der Waals surface area contributed by atoms with Gasteiger partial charge in [0, 0.05) is 12.0 Å². The quantitative estimate of drug-likeness (QED) is 0.667. The third kappa shape index (κ3) is 3.62. The Morgan fingerprint density at radius 1 is 0.864 bits per heavy atom. The van der Waals surface area contributed by atoms with Crippen molar-refractivity contribution in [1.29, 1.82) is 0 Å². The van der Waals surface area contributed by atoms with Gasteiger partial charge in [-0.2, -0.15) is 0 Å². The van der Waals surface area contributed by atoms with E-state index in [2.05, 4.69) is 0 Å². The standard InChI is InChI=1S/C20H21FO/c21-19-12-10-17(11-13-19)16-6-8-18(9-7-16)20(22)14-15-4-2-1-3-5-15/h6-13,15H,1-5,14H2. The van der Waals surface area contributed by atoms with Gasteiger partial charge in [0.05, 0.1) is 0 Å². The highest BCUT2D eigenvalue weighted by molar-refractivity contribution is 5.96. The Morgan fingerprint density at radius 2 is 1.41 bits per heavy atom. The van der Waals surface area contributed by atoms with E-state index in [-0.39, 0.29) is 11.6 Å². The summed E-state index contributed by atoms with van der Waals surface area (Å²) in [6.07, 6.45) is 6.91.